The van der Waals surface area contributed by atoms with Gasteiger partial charge in [-0.25, -0.2) is 0 Å². The first-order valence-electron chi connectivity index (χ1n) is 1.78. The molecule has 0 fully saturated rings. The third-order valence-electron chi connectivity index (χ3n) is 0.414. The van der Waals surface area contributed by atoms with Gasteiger partial charge < -0.3 is 2.85 Å². The molecule has 0 saturated carbocycles. The van der Waals surface area contributed by atoms with Gasteiger partial charge in [0.25, 0.3) is 0 Å². The van der Waals surface area contributed by atoms with Crippen LogP contribution in [0, 0.1) is 24.7 Å². The van der Waals surface area contributed by atoms with E-state index in [9.17, 15) is 0 Å². The van der Waals surface area contributed by atoms with Gasteiger partial charge in [-0.05, 0) is 0 Å². The van der Waals surface area contributed by atoms with Gasteiger partial charge in [0.05, 0.1) is 0 Å². The Morgan fingerprint density at radius 1 is 1.14 bits per heavy atom. The van der Waals surface area contributed by atoms with Crippen LogP contribution in [-0.2, 0) is 0 Å². The van der Waals surface area contributed by atoms with Crippen molar-refractivity contribution in [1.82, 2.24) is 0 Å². The fourth-order valence-electron chi connectivity index (χ4n) is 0.144. The molecule has 0 nitrogen and oxygen atoms in total. The number of hydrogen-bond acceptors (Lipinski definition) is 0. The van der Waals surface area contributed by atoms with Crippen LogP contribution in [0.15, 0.2) is 0 Å². The first kappa shape index (κ1) is 10.6. The molecule has 0 bridgehead atoms. The van der Waals surface area contributed by atoms with Crippen molar-refractivity contribution in [3.05, 3.63) is 0 Å². The summed E-state index contributed by atoms with van der Waals surface area (Å²) in [5.74, 6) is 4.85. The summed E-state index contributed by atoms with van der Waals surface area (Å²) in [7, 11) is 0. The van der Waals surface area contributed by atoms with Gasteiger partial charge in [-0.1, -0.05) is 0 Å². The van der Waals surface area contributed by atoms with Gasteiger partial charge in [0.15, 0.2) is 0 Å². The van der Waals surface area contributed by atoms with Crippen molar-refractivity contribution in [2.75, 3.05) is 0 Å². The normalized spacial score (nSPS) is 4.86. The van der Waals surface area contributed by atoms with Gasteiger partial charge in [0, 0.05) is 12.8 Å². The molecule has 0 aliphatic heterocycles. The summed E-state index contributed by atoms with van der Waals surface area (Å²) in [5.41, 5.74) is 0. The Labute approximate surface area is 88.1 Å². The Morgan fingerprint density at radius 2 is 1.43 bits per heavy atom. The Kier molecular flexibility index (Phi) is 15.0. The molecule has 0 atom stereocenters. The van der Waals surface area contributed by atoms with E-state index in [0.717, 1.165) is 0 Å². The maximum atomic E-state index is 4.87. The van der Waals surface area contributed by atoms with Crippen LogP contribution >= 0.6 is 0 Å². The summed E-state index contributed by atoms with van der Waals surface area (Å²) < 4.78 is 0. The number of terminal acetylenes is 2. The third-order valence-corrected chi connectivity index (χ3v) is 0.414. The van der Waals surface area contributed by atoms with E-state index in [1.165, 1.54) is 0 Å². The van der Waals surface area contributed by atoms with Crippen LogP contribution in [0.2, 0.25) is 0 Å². The van der Waals surface area contributed by atoms with Crippen LogP contribution in [-0.4, -0.2) is 48.9 Å². The molecule has 0 aromatic heterocycles. The van der Waals surface area contributed by atoms with Crippen LogP contribution in [0.1, 0.15) is 15.7 Å². The van der Waals surface area contributed by atoms with Gasteiger partial charge in [-0.3, -0.25) is 0 Å². The molecule has 0 aliphatic rings. The molecule has 1 heteroatoms. The Hall–Kier alpha value is 0.691. The Balaban J connectivity index is -0.0000000417. The van der Waals surface area contributed by atoms with E-state index < -0.39 is 0 Å². The number of rotatable bonds is 1. The van der Waals surface area contributed by atoms with Crippen LogP contribution in [0.3, 0.4) is 0 Å². The Morgan fingerprint density at radius 3 is 1.57 bits per heavy atom. The molecule has 0 spiro atoms. The number of unbranched alkanes of at least 4 members (excludes halogenated alkanes) is 1. The molecule has 0 aromatic carbocycles. The zero-order chi connectivity index (χ0) is 4.83. The van der Waals surface area contributed by atoms with Crippen LogP contribution < -0.4 is 0 Å². The van der Waals surface area contributed by atoms with Gasteiger partial charge in [-0.2, -0.15) is 0 Å². The van der Waals surface area contributed by atoms with E-state index >= 15 is 0 Å². The average molecular weight is 217 g/mol. The second-order valence-corrected chi connectivity index (χ2v) is 0.908. The van der Waals surface area contributed by atoms with Gasteiger partial charge in [0.2, 0.25) is 0 Å². The smallest absolute Gasteiger partial charge is 1.00 e. The quantitative estimate of drug-likeness (QED) is 0.347. The second kappa shape index (κ2) is 9.85. The van der Waals surface area contributed by atoms with E-state index in [-0.39, 0.29) is 51.7 Å². The predicted octanol–water partition coefficient (Wildman–Crippen LogP) is 0.877. The SMILES string of the molecule is C#CCCC#C.[Ba+2].[H-].[H-]. The van der Waals surface area contributed by atoms with E-state index in [1.807, 2.05) is 0 Å². The van der Waals surface area contributed by atoms with Gasteiger partial charge >= 0.3 is 48.9 Å². The summed E-state index contributed by atoms with van der Waals surface area (Å²) in [5, 5.41) is 0. The first-order valence-corrected chi connectivity index (χ1v) is 1.78. The summed E-state index contributed by atoms with van der Waals surface area (Å²) in [6, 6.07) is 0. The minimum atomic E-state index is 0. The zero-order valence-corrected chi connectivity index (χ0v) is 8.72. The molecule has 34 valence electrons. The fourth-order valence-corrected chi connectivity index (χ4v) is 0.144. The summed E-state index contributed by atoms with van der Waals surface area (Å²) >= 11 is 0. The summed E-state index contributed by atoms with van der Waals surface area (Å²) in [6.45, 7) is 0. The summed E-state index contributed by atoms with van der Waals surface area (Å²) in [6.07, 6.45) is 11.1. The topological polar surface area (TPSA) is 0 Å². The molecule has 7 heavy (non-hydrogen) atoms. The molecule has 0 unspecified atom stereocenters. The van der Waals surface area contributed by atoms with E-state index in [0.29, 0.717) is 12.8 Å². The van der Waals surface area contributed by atoms with E-state index in [2.05, 4.69) is 11.8 Å². The zero-order valence-electron chi connectivity index (χ0n) is 6.28. The fraction of sp³-hybridized carbons (Fsp3) is 0.333. The molecule has 0 amide bonds. The third kappa shape index (κ3) is 10.8. The Bertz CT molecular complexity index is 84.6. The number of hydrogen-bond donors (Lipinski definition) is 0. The summed E-state index contributed by atoms with van der Waals surface area (Å²) in [4.78, 5) is 0. The van der Waals surface area contributed by atoms with Gasteiger partial charge in [-0.15, -0.1) is 24.7 Å². The van der Waals surface area contributed by atoms with Crippen molar-refractivity contribution in [3.8, 4) is 24.7 Å². The predicted molar refractivity (Wildman–Crippen MR) is 34.9 cm³/mol. The van der Waals surface area contributed by atoms with Crippen molar-refractivity contribution in [1.29, 1.82) is 0 Å². The molecule has 0 radical (unpaired) electrons. The van der Waals surface area contributed by atoms with E-state index in [1.54, 1.807) is 0 Å². The van der Waals surface area contributed by atoms with Crippen LogP contribution in [0.4, 0.5) is 0 Å². The molecular weight excluding hydrogens is 209 g/mol. The average Bonchev–Trinajstić information content (AvgIpc) is 1.61. The molecule has 0 heterocycles. The largest absolute Gasteiger partial charge is 2.00 e. The molecule has 0 rings (SSSR count). The maximum Gasteiger partial charge on any atom is 2.00 e. The van der Waals surface area contributed by atoms with Crippen LogP contribution in [0.25, 0.3) is 0 Å². The first-order chi connectivity index (χ1) is 2.91. The van der Waals surface area contributed by atoms with Crippen molar-refractivity contribution >= 4 is 48.9 Å². The van der Waals surface area contributed by atoms with Crippen molar-refractivity contribution < 1.29 is 2.85 Å². The van der Waals surface area contributed by atoms with Crippen molar-refractivity contribution in [2.45, 2.75) is 12.8 Å². The van der Waals surface area contributed by atoms with E-state index in [4.69, 9.17) is 12.8 Å². The molecule has 0 saturated heterocycles. The van der Waals surface area contributed by atoms with Crippen molar-refractivity contribution in [3.63, 3.8) is 0 Å². The molecular formula is C6H8Ba. The molecule has 0 aromatic rings. The monoisotopic (exact) mass is 218 g/mol. The second-order valence-electron chi connectivity index (χ2n) is 0.908. The maximum absolute atomic E-state index is 4.87. The minimum Gasteiger partial charge on any atom is -1.00 e. The van der Waals surface area contributed by atoms with Crippen LogP contribution in [0.5, 0.6) is 0 Å². The standard InChI is InChI=1S/C6H6.Ba.2H/c1-3-5-6-4-2;;;/h1-2H,5-6H2;;;/q;+2;2*-1. The molecule has 0 aliphatic carbocycles. The minimum absolute atomic E-state index is 0. The van der Waals surface area contributed by atoms with Crippen molar-refractivity contribution in [2.24, 2.45) is 0 Å². The van der Waals surface area contributed by atoms with Gasteiger partial charge in [0.1, 0.15) is 0 Å². The molecule has 0 N–H and O–H groups in total.